The van der Waals surface area contributed by atoms with Gasteiger partial charge >= 0.3 is 5.69 Å². The Morgan fingerprint density at radius 1 is 1.02 bits per heavy atom. The Morgan fingerprint density at radius 2 is 1.76 bits per heavy atom. The van der Waals surface area contributed by atoms with Crippen LogP contribution >= 0.6 is 11.6 Å². The van der Waals surface area contributed by atoms with Gasteiger partial charge in [-0.05, 0) is 60.4 Å². The number of nitrogens with zero attached hydrogens (tertiary/aromatic N) is 2. The van der Waals surface area contributed by atoms with E-state index in [2.05, 4.69) is 19.7 Å². The zero-order valence-electron chi connectivity index (χ0n) is 22.3. The molecule has 0 aliphatic heterocycles. The monoisotopic (exact) mass is 613 g/mol. The van der Waals surface area contributed by atoms with Crippen molar-refractivity contribution in [3.8, 4) is 0 Å². The van der Waals surface area contributed by atoms with E-state index in [0.29, 0.717) is 29.9 Å². The van der Waals surface area contributed by atoms with Gasteiger partial charge in [0.1, 0.15) is 27.9 Å². The molecule has 0 fully saturated rings. The number of unbranched alkanes of at least 4 members (excludes halogenated alkanes) is 1. The summed E-state index contributed by atoms with van der Waals surface area (Å²) >= 11 is 5.95. The SMILES string of the molecule is CCCCn1c(=O)[nH]c(=O)c2[nH]c(C(Cc3ccccc3F)c3ccc(NS(=O)(=O)c4ccc(F)cc4Cl)cc3)nc21. The number of fused-ring (bicyclic) bond motifs is 1. The molecule has 0 spiro atoms. The predicted octanol–water partition coefficient (Wildman–Crippen LogP) is 5.32. The third kappa shape index (κ3) is 6.00. The first-order valence-corrected chi connectivity index (χ1v) is 15.0. The number of nitrogens with one attached hydrogen (secondary N) is 3. The molecule has 13 heteroatoms. The van der Waals surface area contributed by atoms with Gasteiger partial charge in [0.15, 0.2) is 5.65 Å². The highest BCUT2D eigenvalue weighted by Gasteiger charge is 2.24. The summed E-state index contributed by atoms with van der Waals surface area (Å²) in [7, 11) is -4.13. The fourth-order valence-corrected chi connectivity index (χ4v) is 6.28. The van der Waals surface area contributed by atoms with Gasteiger partial charge in [-0.15, -0.1) is 0 Å². The van der Waals surface area contributed by atoms with Crippen molar-refractivity contribution < 1.29 is 17.2 Å². The molecule has 3 N–H and O–H groups in total. The molecule has 1 unspecified atom stereocenters. The first-order valence-electron chi connectivity index (χ1n) is 13.1. The maximum Gasteiger partial charge on any atom is 0.330 e. The normalized spacial score (nSPS) is 12.5. The van der Waals surface area contributed by atoms with Crippen LogP contribution in [0.1, 0.15) is 42.6 Å². The number of anilines is 1. The molecule has 3 aromatic carbocycles. The van der Waals surface area contributed by atoms with Crippen LogP contribution in [0.4, 0.5) is 14.5 Å². The van der Waals surface area contributed by atoms with E-state index in [1.165, 1.54) is 22.8 Å². The summed E-state index contributed by atoms with van der Waals surface area (Å²) in [6.45, 7) is 2.34. The summed E-state index contributed by atoms with van der Waals surface area (Å²) < 4.78 is 57.7. The number of aromatic nitrogens is 4. The van der Waals surface area contributed by atoms with Crippen molar-refractivity contribution in [2.24, 2.45) is 0 Å². The second-order valence-corrected chi connectivity index (χ2v) is 11.8. The summed E-state index contributed by atoms with van der Waals surface area (Å²) in [5.41, 5.74) is 0.386. The molecular weight excluding hydrogens is 588 g/mol. The Morgan fingerprint density at radius 3 is 2.45 bits per heavy atom. The molecule has 0 saturated carbocycles. The highest BCUT2D eigenvalue weighted by Crippen LogP contribution is 2.31. The molecule has 5 rings (SSSR count). The molecule has 0 amide bonds. The van der Waals surface area contributed by atoms with Gasteiger partial charge in [-0.1, -0.05) is 55.3 Å². The van der Waals surface area contributed by atoms with Crippen LogP contribution in [0.2, 0.25) is 5.02 Å². The molecular formula is C29H26ClF2N5O4S. The van der Waals surface area contributed by atoms with Crippen LogP contribution in [0.15, 0.2) is 81.2 Å². The van der Waals surface area contributed by atoms with Crippen molar-refractivity contribution in [2.45, 2.75) is 43.5 Å². The van der Waals surface area contributed by atoms with Gasteiger partial charge in [-0.2, -0.15) is 0 Å². The molecule has 9 nitrogen and oxygen atoms in total. The van der Waals surface area contributed by atoms with Crippen LogP contribution in [-0.4, -0.2) is 27.9 Å². The minimum absolute atomic E-state index is 0.125. The number of hydrogen-bond donors (Lipinski definition) is 3. The number of sulfonamides is 1. The number of halogens is 3. The van der Waals surface area contributed by atoms with E-state index < -0.39 is 38.8 Å². The van der Waals surface area contributed by atoms with Crippen LogP contribution in [-0.2, 0) is 23.0 Å². The van der Waals surface area contributed by atoms with E-state index in [4.69, 9.17) is 11.6 Å². The number of aromatic amines is 2. The van der Waals surface area contributed by atoms with Crippen LogP contribution in [0.3, 0.4) is 0 Å². The highest BCUT2D eigenvalue weighted by molar-refractivity contribution is 7.92. The lowest BCUT2D eigenvalue weighted by molar-refractivity contribution is 0.597. The molecule has 0 saturated heterocycles. The summed E-state index contributed by atoms with van der Waals surface area (Å²) in [6.07, 6.45) is 1.67. The van der Waals surface area contributed by atoms with E-state index in [-0.39, 0.29) is 33.2 Å². The summed E-state index contributed by atoms with van der Waals surface area (Å²) in [4.78, 5) is 34.9. The summed E-state index contributed by atoms with van der Waals surface area (Å²) in [5.74, 6) is -1.35. The molecule has 2 aromatic heterocycles. The van der Waals surface area contributed by atoms with E-state index in [1.54, 1.807) is 30.3 Å². The van der Waals surface area contributed by atoms with Crippen molar-refractivity contribution in [1.29, 1.82) is 0 Å². The highest BCUT2D eigenvalue weighted by atomic mass is 35.5. The fraction of sp³-hybridized carbons (Fsp3) is 0.207. The third-order valence-corrected chi connectivity index (χ3v) is 8.71. The number of H-pyrrole nitrogens is 2. The third-order valence-electron chi connectivity index (χ3n) is 6.85. The Bertz CT molecular complexity index is 1990. The van der Waals surface area contributed by atoms with E-state index in [0.717, 1.165) is 24.6 Å². The molecule has 0 aliphatic rings. The molecule has 2 heterocycles. The molecule has 218 valence electrons. The minimum Gasteiger partial charge on any atom is -0.336 e. The van der Waals surface area contributed by atoms with Gasteiger partial charge in [-0.3, -0.25) is 19.1 Å². The van der Waals surface area contributed by atoms with E-state index in [1.807, 2.05) is 6.92 Å². The summed E-state index contributed by atoms with van der Waals surface area (Å²) in [6, 6.07) is 15.6. The number of imidazole rings is 1. The first-order chi connectivity index (χ1) is 20.1. The topological polar surface area (TPSA) is 130 Å². The maximum atomic E-state index is 14.7. The Kier molecular flexibility index (Phi) is 8.28. The molecule has 1 atom stereocenters. The van der Waals surface area contributed by atoms with Gasteiger partial charge in [0, 0.05) is 18.2 Å². The largest absolute Gasteiger partial charge is 0.336 e. The van der Waals surface area contributed by atoms with Crippen LogP contribution in [0.25, 0.3) is 11.2 Å². The van der Waals surface area contributed by atoms with Crippen molar-refractivity contribution >= 4 is 38.5 Å². The van der Waals surface area contributed by atoms with Gasteiger partial charge in [-0.25, -0.2) is 27.0 Å². The lowest BCUT2D eigenvalue weighted by Gasteiger charge is -2.17. The number of aryl methyl sites for hydroxylation is 1. The predicted molar refractivity (Wildman–Crippen MR) is 156 cm³/mol. The van der Waals surface area contributed by atoms with E-state index in [9.17, 15) is 26.8 Å². The summed E-state index contributed by atoms with van der Waals surface area (Å²) in [5, 5.41) is -0.263. The lowest BCUT2D eigenvalue weighted by atomic mass is 9.91. The van der Waals surface area contributed by atoms with Crippen LogP contribution < -0.4 is 16.0 Å². The average molecular weight is 614 g/mol. The fourth-order valence-electron chi connectivity index (χ4n) is 4.69. The van der Waals surface area contributed by atoms with Crippen molar-refractivity contribution in [3.05, 3.63) is 121 Å². The smallest absolute Gasteiger partial charge is 0.330 e. The number of hydrogen-bond acceptors (Lipinski definition) is 5. The molecule has 42 heavy (non-hydrogen) atoms. The molecule has 0 radical (unpaired) electrons. The van der Waals surface area contributed by atoms with Crippen molar-refractivity contribution in [3.63, 3.8) is 0 Å². The maximum absolute atomic E-state index is 14.7. The molecule has 0 aliphatic carbocycles. The Labute approximate surface area is 244 Å². The van der Waals surface area contributed by atoms with Gasteiger partial charge < -0.3 is 4.98 Å². The second kappa shape index (κ2) is 11.9. The van der Waals surface area contributed by atoms with Crippen molar-refractivity contribution in [2.75, 3.05) is 4.72 Å². The molecule has 0 bridgehead atoms. The van der Waals surface area contributed by atoms with E-state index >= 15 is 0 Å². The Hall–Kier alpha value is -4.29. The van der Waals surface area contributed by atoms with Crippen molar-refractivity contribution in [1.82, 2.24) is 19.5 Å². The quantitative estimate of drug-likeness (QED) is 0.196. The number of benzene rings is 3. The second-order valence-electron chi connectivity index (χ2n) is 9.74. The lowest BCUT2D eigenvalue weighted by Crippen LogP contribution is -2.30. The standard InChI is InChI=1S/C29H26ClF2N5O4S/c1-2-3-14-37-27-25(28(38)35-29(37)39)33-26(34-27)21(15-18-6-4-5-7-23(18)32)17-8-11-20(12-9-17)36-42(40,41)24-13-10-19(31)16-22(24)30/h4-13,16,21,36H,2-3,14-15H2,1H3,(H,33,34)(H,35,38,39). The zero-order valence-corrected chi connectivity index (χ0v) is 23.9. The first kappa shape index (κ1) is 29.2. The zero-order chi connectivity index (χ0) is 30.0. The van der Waals surface area contributed by atoms with Crippen LogP contribution in [0.5, 0.6) is 0 Å². The average Bonchev–Trinajstić information content (AvgIpc) is 3.38. The molecule has 5 aromatic rings. The minimum atomic E-state index is -4.13. The van der Waals surface area contributed by atoms with Crippen LogP contribution in [0, 0.1) is 11.6 Å². The van der Waals surface area contributed by atoms with Gasteiger partial charge in [0.25, 0.3) is 15.6 Å². The van der Waals surface area contributed by atoms with Gasteiger partial charge in [0.2, 0.25) is 0 Å². The Balaban J connectivity index is 1.54. The number of rotatable bonds is 10. The van der Waals surface area contributed by atoms with Gasteiger partial charge in [0.05, 0.1) is 5.02 Å².